The van der Waals surface area contributed by atoms with Gasteiger partial charge in [-0.15, -0.1) is 0 Å². The first-order chi connectivity index (χ1) is 6.25. The summed E-state index contributed by atoms with van der Waals surface area (Å²) in [6, 6.07) is 5.83. The van der Waals surface area contributed by atoms with Crippen LogP contribution >= 0.6 is 11.6 Å². The third-order valence-corrected chi connectivity index (χ3v) is 2.34. The maximum Gasteiger partial charge on any atom is 0.0672 e. The summed E-state index contributed by atoms with van der Waals surface area (Å²) in [4.78, 5) is 6.55. The molecule has 0 radical (unpaired) electrons. The quantitative estimate of drug-likeness (QED) is 0.620. The Hall–Kier alpha value is -0.860. The van der Waals surface area contributed by atoms with Crippen LogP contribution in [-0.2, 0) is 6.54 Å². The van der Waals surface area contributed by atoms with Crippen molar-refractivity contribution in [3.8, 4) is 0 Å². The molecule has 3 heteroatoms. The predicted octanol–water partition coefficient (Wildman–Crippen LogP) is 2.49. The van der Waals surface area contributed by atoms with E-state index in [4.69, 9.17) is 11.6 Å². The van der Waals surface area contributed by atoms with E-state index < -0.39 is 0 Å². The van der Waals surface area contributed by atoms with Gasteiger partial charge in [-0.1, -0.05) is 11.6 Å². The van der Waals surface area contributed by atoms with Crippen molar-refractivity contribution in [2.75, 3.05) is 13.6 Å². The van der Waals surface area contributed by atoms with Crippen LogP contribution in [0, 0.1) is 0 Å². The third-order valence-electron chi connectivity index (χ3n) is 2.11. The Balaban J connectivity index is 2.44. The summed E-state index contributed by atoms with van der Waals surface area (Å²) in [5.74, 6) is 0. The largest absolute Gasteiger partial charge is 0.297 e. The van der Waals surface area contributed by atoms with Gasteiger partial charge in [-0.25, -0.2) is 0 Å². The monoisotopic (exact) mass is 194 g/mol. The summed E-state index contributed by atoms with van der Waals surface area (Å²) in [5, 5.41) is 0.782. The second kappa shape index (κ2) is 3.48. The van der Waals surface area contributed by atoms with E-state index in [1.807, 2.05) is 24.4 Å². The number of benzene rings is 1. The predicted molar refractivity (Wildman–Crippen MR) is 55.9 cm³/mol. The van der Waals surface area contributed by atoms with E-state index in [0.717, 1.165) is 23.8 Å². The Morgan fingerprint density at radius 3 is 3.15 bits per heavy atom. The molecule has 0 bridgehead atoms. The molecule has 0 saturated heterocycles. The average molecular weight is 195 g/mol. The number of aliphatic imine (C=N–C) groups is 1. The zero-order chi connectivity index (χ0) is 9.26. The maximum absolute atomic E-state index is 5.91. The first kappa shape index (κ1) is 8.73. The van der Waals surface area contributed by atoms with E-state index in [9.17, 15) is 0 Å². The molecule has 1 aromatic rings. The fraction of sp³-hybridized carbons (Fsp3) is 0.300. The van der Waals surface area contributed by atoms with E-state index in [-0.39, 0.29) is 0 Å². The van der Waals surface area contributed by atoms with Crippen molar-refractivity contribution in [1.82, 2.24) is 4.90 Å². The smallest absolute Gasteiger partial charge is 0.0672 e. The highest BCUT2D eigenvalue weighted by molar-refractivity contribution is 6.30. The van der Waals surface area contributed by atoms with Gasteiger partial charge < -0.3 is 0 Å². The van der Waals surface area contributed by atoms with Crippen LogP contribution in [0.25, 0.3) is 0 Å². The van der Waals surface area contributed by atoms with Crippen LogP contribution in [0.5, 0.6) is 0 Å². The summed E-state index contributed by atoms with van der Waals surface area (Å²) in [5.41, 5.74) is 2.23. The normalized spacial score (nSPS) is 16.8. The van der Waals surface area contributed by atoms with Crippen molar-refractivity contribution in [2.24, 2.45) is 4.99 Å². The van der Waals surface area contributed by atoms with Gasteiger partial charge in [0.15, 0.2) is 0 Å². The molecule has 0 N–H and O–H groups in total. The van der Waals surface area contributed by atoms with Crippen LogP contribution in [0.2, 0.25) is 5.02 Å². The summed E-state index contributed by atoms with van der Waals surface area (Å²) in [6.07, 6.45) is 1.93. The minimum absolute atomic E-state index is 0.782. The van der Waals surface area contributed by atoms with Gasteiger partial charge in [0.2, 0.25) is 0 Å². The Kier molecular flexibility index (Phi) is 2.34. The lowest BCUT2D eigenvalue weighted by molar-refractivity contribution is 0.380. The summed E-state index contributed by atoms with van der Waals surface area (Å²) >= 11 is 5.91. The highest BCUT2D eigenvalue weighted by atomic mass is 35.5. The van der Waals surface area contributed by atoms with E-state index in [2.05, 4.69) is 16.9 Å². The van der Waals surface area contributed by atoms with Crippen molar-refractivity contribution >= 4 is 23.5 Å². The molecule has 0 amide bonds. The number of fused-ring (bicyclic) bond motifs is 1. The molecule has 0 aliphatic carbocycles. The Labute approximate surface area is 82.8 Å². The molecule has 1 aliphatic heterocycles. The average Bonchev–Trinajstić information content (AvgIpc) is 2.25. The lowest BCUT2D eigenvalue weighted by Gasteiger charge is -2.12. The van der Waals surface area contributed by atoms with Crippen molar-refractivity contribution in [3.63, 3.8) is 0 Å². The fourth-order valence-corrected chi connectivity index (χ4v) is 1.64. The number of nitrogens with zero attached hydrogens (tertiary/aromatic N) is 2. The molecule has 1 aliphatic rings. The van der Waals surface area contributed by atoms with Crippen LogP contribution in [0.4, 0.5) is 5.69 Å². The SMILES string of the molecule is CN1CC=Nc2ccc(Cl)cc2C1. The number of halogens is 1. The Morgan fingerprint density at radius 2 is 2.31 bits per heavy atom. The minimum atomic E-state index is 0.782. The molecule has 2 rings (SSSR count). The molecular formula is C10H11ClN2. The second-order valence-electron chi connectivity index (χ2n) is 3.28. The van der Waals surface area contributed by atoms with E-state index in [1.54, 1.807) is 0 Å². The van der Waals surface area contributed by atoms with Crippen LogP contribution in [0.15, 0.2) is 23.2 Å². The van der Waals surface area contributed by atoms with Gasteiger partial charge in [-0.2, -0.15) is 0 Å². The second-order valence-corrected chi connectivity index (χ2v) is 3.72. The highest BCUT2D eigenvalue weighted by Gasteiger charge is 2.08. The topological polar surface area (TPSA) is 15.6 Å². The van der Waals surface area contributed by atoms with Gasteiger partial charge in [-0.3, -0.25) is 9.89 Å². The van der Waals surface area contributed by atoms with Gasteiger partial charge in [0.1, 0.15) is 0 Å². The van der Waals surface area contributed by atoms with Crippen LogP contribution in [0.1, 0.15) is 5.56 Å². The van der Waals surface area contributed by atoms with Crippen LogP contribution in [0.3, 0.4) is 0 Å². The summed E-state index contributed by atoms with van der Waals surface area (Å²) in [6.45, 7) is 1.81. The van der Waals surface area contributed by atoms with Crippen molar-refractivity contribution in [1.29, 1.82) is 0 Å². The standard InChI is InChI=1S/C10H11ClN2/c1-13-5-4-12-10-3-2-9(11)6-8(10)7-13/h2-4,6H,5,7H2,1H3. The zero-order valence-electron chi connectivity index (χ0n) is 7.50. The first-order valence-electron chi connectivity index (χ1n) is 4.25. The Bertz CT molecular complexity index is 347. The lowest BCUT2D eigenvalue weighted by atomic mass is 10.2. The first-order valence-corrected chi connectivity index (χ1v) is 4.63. The van der Waals surface area contributed by atoms with E-state index in [1.165, 1.54) is 5.56 Å². The molecular weight excluding hydrogens is 184 g/mol. The summed E-state index contributed by atoms with van der Waals surface area (Å²) < 4.78 is 0. The molecule has 0 aromatic heterocycles. The van der Waals surface area contributed by atoms with Crippen molar-refractivity contribution in [2.45, 2.75) is 6.54 Å². The van der Waals surface area contributed by atoms with Gasteiger partial charge in [0, 0.05) is 24.3 Å². The fourth-order valence-electron chi connectivity index (χ4n) is 1.44. The molecule has 0 fully saturated rings. The van der Waals surface area contributed by atoms with Gasteiger partial charge in [-0.05, 0) is 30.8 Å². The van der Waals surface area contributed by atoms with Crippen molar-refractivity contribution in [3.05, 3.63) is 28.8 Å². The number of hydrogen-bond acceptors (Lipinski definition) is 2. The number of hydrogen-bond donors (Lipinski definition) is 0. The maximum atomic E-state index is 5.91. The molecule has 1 aromatic carbocycles. The molecule has 0 spiro atoms. The van der Waals surface area contributed by atoms with Crippen molar-refractivity contribution < 1.29 is 0 Å². The molecule has 1 heterocycles. The molecule has 0 atom stereocenters. The Morgan fingerprint density at radius 1 is 1.46 bits per heavy atom. The molecule has 13 heavy (non-hydrogen) atoms. The zero-order valence-corrected chi connectivity index (χ0v) is 8.25. The van der Waals surface area contributed by atoms with E-state index >= 15 is 0 Å². The van der Waals surface area contributed by atoms with Gasteiger partial charge >= 0.3 is 0 Å². The van der Waals surface area contributed by atoms with Gasteiger partial charge in [0.05, 0.1) is 5.69 Å². The molecule has 68 valence electrons. The van der Waals surface area contributed by atoms with E-state index in [0.29, 0.717) is 0 Å². The molecule has 0 saturated carbocycles. The lowest BCUT2D eigenvalue weighted by Crippen LogP contribution is -2.18. The van der Waals surface area contributed by atoms with Gasteiger partial charge in [0.25, 0.3) is 0 Å². The highest BCUT2D eigenvalue weighted by Crippen LogP contribution is 2.25. The van der Waals surface area contributed by atoms with Crippen LogP contribution in [-0.4, -0.2) is 24.7 Å². The molecule has 0 unspecified atom stereocenters. The minimum Gasteiger partial charge on any atom is -0.297 e. The summed E-state index contributed by atoms with van der Waals surface area (Å²) in [7, 11) is 2.07. The van der Waals surface area contributed by atoms with Crippen LogP contribution < -0.4 is 0 Å². The number of rotatable bonds is 0. The third kappa shape index (κ3) is 1.90. The molecule has 2 nitrogen and oxygen atoms in total.